The Morgan fingerprint density at radius 3 is 2.73 bits per heavy atom. The number of aromatic amines is 1. The van der Waals surface area contributed by atoms with Gasteiger partial charge in [-0.2, -0.15) is 0 Å². The van der Waals surface area contributed by atoms with E-state index in [1.165, 1.54) is 16.5 Å². The summed E-state index contributed by atoms with van der Waals surface area (Å²) in [6.45, 7) is 8.47. The van der Waals surface area contributed by atoms with Crippen LogP contribution < -0.4 is 0 Å². The molecule has 120 valence electrons. The molecule has 0 aliphatic carbocycles. The summed E-state index contributed by atoms with van der Waals surface area (Å²) in [6.07, 6.45) is 3.17. The molecular weight excluding hydrogens is 276 g/mol. The standard InChI is InChI=1S/C18H26N2O2/c1-5-20(12-18(3,4)22)16(21)10-9-14-11-19-17-13(2)7-6-8-15(14)17/h6-8,11,19,22H,5,9-10,12H2,1-4H3. The van der Waals surface area contributed by atoms with Crippen LogP contribution in [0.2, 0.25) is 0 Å². The van der Waals surface area contributed by atoms with Crippen molar-refractivity contribution in [2.75, 3.05) is 13.1 Å². The van der Waals surface area contributed by atoms with E-state index in [1.807, 2.05) is 19.2 Å². The number of aryl methyl sites for hydroxylation is 2. The van der Waals surface area contributed by atoms with Crippen molar-refractivity contribution in [2.24, 2.45) is 0 Å². The number of nitrogens with one attached hydrogen (secondary N) is 1. The number of H-pyrrole nitrogens is 1. The molecule has 0 radical (unpaired) electrons. The van der Waals surface area contributed by atoms with E-state index in [-0.39, 0.29) is 5.91 Å². The minimum absolute atomic E-state index is 0.0895. The maximum Gasteiger partial charge on any atom is 0.222 e. The Balaban J connectivity index is 2.05. The van der Waals surface area contributed by atoms with Crippen LogP contribution in [0.5, 0.6) is 0 Å². The van der Waals surface area contributed by atoms with Crippen LogP contribution in [0.4, 0.5) is 0 Å². The second-order valence-corrected chi connectivity index (χ2v) is 6.53. The third-order valence-electron chi connectivity index (χ3n) is 3.93. The first-order valence-electron chi connectivity index (χ1n) is 7.87. The number of hydrogen-bond donors (Lipinski definition) is 2. The molecule has 2 N–H and O–H groups in total. The van der Waals surface area contributed by atoms with Crippen LogP contribution in [0.15, 0.2) is 24.4 Å². The molecule has 0 unspecified atom stereocenters. The molecule has 1 amide bonds. The Hall–Kier alpha value is -1.81. The SMILES string of the molecule is CCN(CC(C)(C)O)C(=O)CCc1c[nH]c2c(C)cccc12. The minimum atomic E-state index is -0.858. The van der Waals surface area contributed by atoms with Crippen molar-refractivity contribution in [2.45, 2.75) is 46.1 Å². The fraction of sp³-hybridized carbons (Fsp3) is 0.500. The number of fused-ring (bicyclic) bond motifs is 1. The van der Waals surface area contributed by atoms with Gasteiger partial charge in [-0.05, 0) is 45.2 Å². The van der Waals surface area contributed by atoms with Gasteiger partial charge in [-0.1, -0.05) is 18.2 Å². The maximum absolute atomic E-state index is 12.4. The Labute approximate surface area is 132 Å². The monoisotopic (exact) mass is 302 g/mol. The Bertz CT molecular complexity index is 653. The normalized spacial score (nSPS) is 11.9. The smallest absolute Gasteiger partial charge is 0.222 e. The third kappa shape index (κ3) is 3.89. The number of amides is 1. The van der Waals surface area contributed by atoms with Crippen LogP contribution in [-0.2, 0) is 11.2 Å². The number of likely N-dealkylation sites (N-methyl/N-ethyl adjacent to an activating group) is 1. The van der Waals surface area contributed by atoms with Gasteiger partial charge in [0.05, 0.1) is 5.60 Å². The lowest BCUT2D eigenvalue weighted by Crippen LogP contribution is -2.42. The second kappa shape index (κ2) is 6.53. The summed E-state index contributed by atoms with van der Waals surface area (Å²) in [7, 11) is 0. The number of carbonyl (C=O) groups is 1. The highest BCUT2D eigenvalue weighted by molar-refractivity contribution is 5.86. The topological polar surface area (TPSA) is 56.3 Å². The molecule has 0 aliphatic rings. The van der Waals surface area contributed by atoms with E-state index in [0.29, 0.717) is 25.9 Å². The van der Waals surface area contributed by atoms with Crippen LogP contribution in [-0.4, -0.2) is 39.6 Å². The van der Waals surface area contributed by atoms with Gasteiger partial charge >= 0.3 is 0 Å². The van der Waals surface area contributed by atoms with Crippen molar-refractivity contribution < 1.29 is 9.90 Å². The van der Waals surface area contributed by atoms with Crippen molar-refractivity contribution in [3.63, 3.8) is 0 Å². The zero-order valence-corrected chi connectivity index (χ0v) is 13.9. The summed E-state index contributed by atoms with van der Waals surface area (Å²) < 4.78 is 0. The first-order chi connectivity index (χ1) is 10.3. The molecule has 1 aromatic heterocycles. The van der Waals surface area contributed by atoms with Crippen LogP contribution in [0.25, 0.3) is 10.9 Å². The summed E-state index contributed by atoms with van der Waals surface area (Å²) in [5.41, 5.74) is 2.68. The van der Waals surface area contributed by atoms with Crippen LogP contribution in [0, 0.1) is 6.92 Å². The van der Waals surface area contributed by atoms with Gasteiger partial charge in [0.15, 0.2) is 0 Å². The maximum atomic E-state index is 12.4. The molecule has 1 heterocycles. The van der Waals surface area contributed by atoms with Crippen molar-refractivity contribution in [3.8, 4) is 0 Å². The average Bonchev–Trinajstić information content (AvgIpc) is 2.86. The molecule has 4 nitrogen and oxygen atoms in total. The lowest BCUT2D eigenvalue weighted by molar-refractivity contribution is -0.133. The number of nitrogens with zero attached hydrogens (tertiary/aromatic N) is 1. The van der Waals surface area contributed by atoms with Gasteiger partial charge in [0, 0.05) is 36.6 Å². The van der Waals surface area contributed by atoms with E-state index < -0.39 is 5.60 Å². The molecule has 2 aromatic rings. The van der Waals surface area contributed by atoms with E-state index >= 15 is 0 Å². The molecule has 4 heteroatoms. The summed E-state index contributed by atoms with van der Waals surface area (Å²) >= 11 is 0. The van der Waals surface area contributed by atoms with Gasteiger partial charge in [0.1, 0.15) is 0 Å². The number of carbonyl (C=O) groups excluding carboxylic acids is 1. The predicted molar refractivity (Wildman–Crippen MR) is 89.9 cm³/mol. The van der Waals surface area contributed by atoms with Crippen LogP contribution in [0.3, 0.4) is 0 Å². The van der Waals surface area contributed by atoms with Crippen LogP contribution in [0.1, 0.15) is 38.3 Å². The van der Waals surface area contributed by atoms with Gasteiger partial charge in [-0.25, -0.2) is 0 Å². The van der Waals surface area contributed by atoms with Crippen molar-refractivity contribution >= 4 is 16.8 Å². The fourth-order valence-corrected chi connectivity index (χ4v) is 2.81. The molecular formula is C18H26N2O2. The molecule has 0 spiro atoms. The highest BCUT2D eigenvalue weighted by Gasteiger charge is 2.21. The zero-order valence-electron chi connectivity index (χ0n) is 13.9. The molecule has 0 saturated heterocycles. The molecule has 0 bridgehead atoms. The van der Waals surface area contributed by atoms with Crippen molar-refractivity contribution in [1.82, 2.24) is 9.88 Å². The third-order valence-corrected chi connectivity index (χ3v) is 3.93. The first-order valence-corrected chi connectivity index (χ1v) is 7.87. The molecule has 0 fully saturated rings. The Morgan fingerprint density at radius 1 is 1.36 bits per heavy atom. The number of hydrogen-bond acceptors (Lipinski definition) is 2. The summed E-state index contributed by atoms with van der Waals surface area (Å²) in [6, 6.07) is 6.21. The number of rotatable bonds is 6. The van der Waals surface area contributed by atoms with E-state index in [1.54, 1.807) is 18.7 Å². The number of para-hydroxylation sites is 1. The lowest BCUT2D eigenvalue weighted by atomic mass is 10.1. The fourth-order valence-electron chi connectivity index (χ4n) is 2.81. The zero-order chi connectivity index (χ0) is 16.3. The van der Waals surface area contributed by atoms with Crippen molar-refractivity contribution in [1.29, 1.82) is 0 Å². The summed E-state index contributed by atoms with van der Waals surface area (Å²) in [5, 5.41) is 11.1. The molecule has 1 aromatic carbocycles. The Morgan fingerprint density at radius 2 is 2.09 bits per heavy atom. The number of aromatic nitrogens is 1. The highest BCUT2D eigenvalue weighted by Crippen LogP contribution is 2.22. The van der Waals surface area contributed by atoms with Crippen molar-refractivity contribution in [3.05, 3.63) is 35.5 Å². The molecule has 0 atom stereocenters. The predicted octanol–water partition coefficient (Wildman–Crippen LogP) is 3.03. The molecule has 0 aliphatic heterocycles. The quantitative estimate of drug-likeness (QED) is 0.861. The van der Waals surface area contributed by atoms with Crippen LogP contribution >= 0.6 is 0 Å². The average molecular weight is 302 g/mol. The van der Waals surface area contributed by atoms with E-state index in [4.69, 9.17) is 0 Å². The van der Waals surface area contributed by atoms with Gasteiger partial charge in [0.25, 0.3) is 0 Å². The lowest BCUT2D eigenvalue weighted by Gasteiger charge is -2.28. The largest absolute Gasteiger partial charge is 0.389 e. The van der Waals surface area contributed by atoms with Gasteiger partial charge in [-0.15, -0.1) is 0 Å². The van der Waals surface area contributed by atoms with E-state index in [2.05, 4.69) is 24.0 Å². The summed E-state index contributed by atoms with van der Waals surface area (Å²) in [4.78, 5) is 17.4. The minimum Gasteiger partial charge on any atom is -0.389 e. The van der Waals surface area contributed by atoms with Gasteiger partial charge < -0.3 is 15.0 Å². The van der Waals surface area contributed by atoms with E-state index in [9.17, 15) is 9.90 Å². The number of aliphatic hydroxyl groups is 1. The second-order valence-electron chi connectivity index (χ2n) is 6.53. The Kier molecular flexibility index (Phi) is 4.91. The van der Waals surface area contributed by atoms with E-state index in [0.717, 1.165) is 5.52 Å². The highest BCUT2D eigenvalue weighted by atomic mass is 16.3. The number of benzene rings is 1. The van der Waals surface area contributed by atoms with Gasteiger partial charge in [-0.3, -0.25) is 4.79 Å². The summed E-state index contributed by atoms with van der Waals surface area (Å²) in [5.74, 6) is 0.0895. The van der Waals surface area contributed by atoms with Gasteiger partial charge in [0.2, 0.25) is 5.91 Å². The molecule has 22 heavy (non-hydrogen) atoms. The molecule has 2 rings (SSSR count). The first kappa shape index (κ1) is 16.6. The molecule has 0 saturated carbocycles.